The lowest BCUT2D eigenvalue weighted by molar-refractivity contribution is 0.130. The summed E-state index contributed by atoms with van der Waals surface area (Å²) in [6.07, 6.45) is 3.69. The van der Waals surface area contributed by atoms with Crippen molar-refractivity contribution in [2.45, 2.75) is 44.2 Å². The van der Waals surface area contributed by atoms with Crippen LogP contribution in [0.1, 0.15) is 49.4 Å². The zero-order chi connectivity index (χ0) is 11.8. The van der Waals surface area contributed by atoms with Gasteiger partial charge in [0.25, 0.3) is 0 Å². The highest BCUT2D eigenvalue weighted by atomic mass is 16.3. The third-order valence-corrected chi connectivity index (χ3v) is 3.95. The number of hydrogen-bond acceptors (Lipinski definition) is 4. The molecule has 2 aliphatic heterocycles. The molecule has 17 heavy (non-hydrogen) atoms. The Morgan fingerprint density at radius 1 is 1.18 bits per heavy atom. The first-order chi connectivity index (χ1) is 8.24. The Hall–Kier alpha value is -0.940. The van der Waals surface area contributed by atoms with E-state index in [2.05, 4.69) is 22.0 Å². The second kappa shape index (κ2) is 4.38. The van der Waals surface area contributed by atoms with Gasteiger partial charge >= 0.3 is 0 Å². The SMILES string of the molecule is CN1CCC(c2nc3n(n2)CCCC3O)CC1. The summed E-state index contributed by atoms with van der Waals surface area (Å²) in [5, 5.41) is 14.5. The summed E-state index contributed by atoms with van der Waals surface area (Å²) < 4.78 is 1.90. The van der Waals surface area contributed by atoms with Crippen molar-refractivity contribution in [2.24, 2.45) is 0 Å². The van der Waals surface area contributed by atoms with E-state index in [4.69, 9.17) is 0 Å². The van der Waals surface area contributed by atoms with Crippen molar-refractivity contribution in [3.05, 3.63) is 11.6 Å². The largest absolute Gasteiger partial charge is 0.385 e. The third kappa shape index (κ3) is 2.09. The van der Waals surface area contributed by atoms with Crippen LogP contribution in [0.5, 0.6) is 0 Å². The molecule has 1 aromatic heterocycles. The average molecular weight is 236 g/mol. The maximum atomic E-state index is 9.88. The molecule has 1 N–H and O–H groups in total. The Bertz CT molecular complexity index is 395. The summed E-state index contributed by atoms with van der Waals surface area (Å²) in [4.78, 5) is 6.91. The highest BCUT2D eigenvalue weighted by Crippen LogP contribution is 2.29. The van der Waals surface area contributed by atoms with Gasteiger partial charge in [0.15, 0.2) is 11.6 Å². The fourth-order valence-electron chi connectivity index (χ4n) is 2.79. The molecule has 0 aliphatic carbocycles. The molecule has 0 spiro atoms. The monoisotopic (exact) mass is 236 g/mol. The van der Waals surface area contributed by atoms with Crippen molar-refractivity contribution in [1.82, 2.24) is 19.7 Å². The highest BCUT2D eigenvalue weighted by Gasteiger charge is 2.27. The lowest BCUT2D eigenvalue weighted by Gasteiger charge is -2.27. The van der Waals surface area contributed by atoms with E-state index in [0.29, 0.717) is 5.92 Å². The molecule has 1 aromatic rings. The summed E-state index contributed by atoms with van der Waals surface area (Å²) >= 11 is 0. The van der Waals surface area contributed by atoms with Crippen LogP contribution in [0.4, 0.5) is 0 Å². The van der Waals surface area contributed by atoms with E-state index in [1.807, 2.05) is 4.68 Å². The highest BCUT2D eigenvalue weighted by molar-refractivity contribution is 5.04. The molecule has 0 aromatic carbocycles. The lowest BCUT2D eigenvalue weighted by atomic mass is 9.96. The van der Waals surface area contributed by atoms with Crippen LogP contribution >= 0.6 is 0 Å². The molecule has 3 heterocycles. The first kappa shape index (κ1) is 11.2. The van der Waals surface area contributed by atoms with Crippen LogP contribution in [0.25, 0.3) is 0 Å². The molecule has 1 fully saturated rings. The van der Waals surface area contributed by atoms with Gasteiger partial charge in [0.1, 0.15) is 6.10 Å². The second-order valence-electron chi connectivity index (χ2n) is 5.29. The predicted octanol–water partition coefficient (Wildman–Crippen LogP) is 0.914. The average Bonchev–Trinajstić information content (AvgIpc) is 2.75. The molecule has 0 radical (unpaired) electrons. The predicted molar refractivity (Wildman–Crippen MR) is 63.7 cm³/mol. The number of aromatic nitrogens is 3. The van der Waals surface area contributed by atoms with E-state index in [1.54, 1.807) is 0 Å². The Kier molecular flexibility index (Phi) is 2.88. The molecular formula is C12H20N4O. The van der Waals surface area contributed by atoms with Gasteiger partial charge in [-0.1, -0.05) is 0 Å². The van der Waals surface area contributed by atoms with E-state index in [-0.39, 0.29) is 0 Å². The molecule has 5 nitrogen and oxygen atoms in total. The van der Waals surface area contributed by atoms with Crippen LogP contribution in [-0.2, 0) is 6.54 Å². The van der Waals surface area contributed by atoms with Gasteiger partial charge in [-0.3, -0.25) is 0 Å². The maximum absolute atomic E-state index is 9.88. The van der Waals surface area contributed by atoms with Crippen LogP contribution in [0, 0.1) is 0 Å². The minimum Gasteiger partial charge on any atom is -0.385 e. The number of hydrogen-bond donors (Lipinski definition) is 1. The van der Waals surface area contributed by atoms with Crippen molar-refractivity contribution in [3.63, 3.8) is 0 Å². The van der Waals surface area contributed by atoms with Crippen LogP contribution < -0.4 is 0 Å². The summed E-state index contributed by atoms with van der Waals surface area (Å²) in [5.41, 5.74) is 0. The van der Waals surface area contributed by atoms with Gasteiger partial charge in [0.2, 0.25) is 0 Å². The first-order valence-corrected chi connectivity index (χ1v) is 6.55. The van der Waals surface area contributed by atoms with Crippen molar-refractivity contribution < 1.29 is 5.11 Å². The molecule has 2 aliphatic rings. The number of nitrogens with zero attached hydrogens (tertiary/aromatic N) is 4. The van der Waals surface area contributed by atoms with Crippen molar-refractivity contribution in [2.75, 3.05) is 20.1 Å². The number of fused-ring (bicyclic) bond motifs is 1. The number of aryl methyl sites for hydroxylation is 1. The Morgan fingerprint density at radius 3 is 2.65 bits per heavy atom. The van der Waals surface area contributed by atoms with Crippen LogP contribution in [0.15, 0.2) is 0 Å². The molecule has 5 heteroatoms. The van der Waals surface area contributed by atoms with Crippen molar-refractivity contribution in [1.29, 1.82) is 0 Å². The second-order valence-corrected chi connectivity index (χ2v) is 5.29. The standard InChI is InChI=1S/C12H20N4O/c1-15-7-4-9(5-8-15)11-13-12-10(17)3-2-6-16(12)14-11/h9-10,17H,2-8H2,1H3. The van der Waals surface area contributed by atoms with E-state index in [0.717, 1.165) is 57.0 Å². The van der Waals surface area contributed by atoms with Gasteiger partial charge in [0.05, 0.1) is 0 Å². The Balaban J connectivity index is 1.80. The summed E-state index contributed by atoms with van der Waals surface area (Å²) in [6.45, 7) is 3.15. The normalized spacial score (nSPS) is 27.1. The number of rotatable bonds is 1. The van der Waals surface area contributed by atoms with Crippen LogP contribution in [0.2, 0.25) is 0 Å². The number of aliphatic hydroxyl groups is 1. The van der Waals surface area contributed by atoms with Gasteiger partial charge in [-0.25, -0.2) is 9.67 Å². The van der Waals surface area contributed by atoms with E-state index < -0.39 is 6.10 Å². The molecular weight excluding hydrogens is 216 g/mol. The maximum Gasteiger partial charge on any atom is 0.156 e. The fraction of sp³-hybridized carbons (Fsp3) is 0.833. The van der Waals surface area contributed by atoms with Gasteiger partial charge in [-0.15, -0.1) is 0 Å². The molecule has 1 atom stereocenters. The molecule has 1 saturated heterocycles. The number of likely N-dealkylation sites (tertiary alicyclic amines) is 1. The Labute approximate surface area is 101 Å². The molecule has 0 saturated carbocycles. The van der Waals surface area contributed by atoms with Gasteiger partial charge < -0.3 is 10.0 Å². The number of piperidine rings is 1. The van der Waals surface area contributed by atoms with E-state index >= 15 is 0 Å². The van der Waals surface area contributed by atoms with E-state index in [1.165, 1.54) is 0 Å². The molecule has 3 rings (SSSR count). The Morgan fingerprint density at radius 2 is 1.94 bits per heavy atom. The zero-order valence-electron chi connectivity index (χ0n) is 10.3. The van der Waals surface area contributed by atoms with Gasteiger partial charge in [-0.05, 0) is 45.8 Å². The fourth-order valence-corrected chi connectivity index (χ4v) is 2.79. The molecule has 0 bridgehead atoms. The van der Waals surface area contributed by atoms with Crippen molar-refractivity contribution in [3.8, 4) is 0 Å². The molecule has 1 unspecified atom stereocenters. The quantitative estimate of drug-likeness (QED) is 0.787. The van der Waals surface area contributed by atoms with Gasteiger partial charge in [0, 0.05) is 12.5 Å². The lowest BCUT2D eigenvalue weighted by Crippen LogP contribution is -2.29. The minimum absolute atomic E-state index is 0.406. The van der Waals surface area contributed by atoms with E-state index in [9.17, 15) is 5.11 Å². The third-order valence-electron chi connectivity index (χ3n) is 3.95. The van der Waals surface area contributed by atoms with Crippen LogP contribution in [-0.4, -0.2) is 44.9 Å². The number of aliphatic hydroxyl groups excluding tert-OH is 1. The van der Waals surface area contributed by atoms with Crippen LogP contribution in [0.3, 0.4) is 0 Å². The molecule has 0 amide bonds. The van der Waals surface area contributed by atoms with Gasteiger partial charge in [-0.2, -0.15) is 5.10 Å². The topological polar surface area (TPSA) is 54.2 Å². The smallest absolute Gasteiger partial charge is 0.156 e. The minimum atomic E-state index is -0.406. The van der Waals surface area contributed by atoms with Crippen molar-refractivity contribution >= 4 is 0 Å². The summed E-state index contributed by atoms with van der Waals surface area (Å²) in [6, 6.07) is 0. The molecule has 94 valence electrons. The summed E-state index contributed by atoms with van der Waals surface area (Å²) in [5.74, 6) is 2.22. The summed E-state index contributed by atoms with van der Waals surface area (Å²) in [7, 11) is 2.16. The first-order valence-electron chi connectivity index (χ1n) is 6.55. The zero-order valence-corrected chi connectivity index (χ0v) is 10.3.